The Labute approximate surface area is 101 Å². The Balaban J connectivity index is 2.42. The van der Waals surface area contributed by atoms with E-state index in [1.165, 1.54) is 27.7 Å². The number of nitrogens with zero attached hydrogens (tertiary/aromatic N) is 1. The van der Waals surface area contributed by atoms with Gasteiger partial charge in [0.1, 0.15) is 5.75 Å². The predicted octanol–water partition coefficient (Wildman–Crippen LogP) is 1.92. The van der Waals surface area contributed by atoms with Crippen LogP contribution in [0.2, 0.25) is 0 Å². The zero-order valence-electron chi connectivity index (χ0n) is 10.6. The summed E-state index contributed by atoms with van der Waals surface area (Å²) in [4.78, 5) is 0. The van der Waals surface area contributed by atoms with Crippen LogP contribution in [-0.2, 0) is 19.9 Å². The first-order valence-corrected chi connectivity index (χ1v) is 6.02. The molecule has 90 valence electrons. The number of ether oxygens (including phenoxy) is 1. The van der Waals surface area contributed by atoms with E-state index in [4.69, 9.17) is 10.5 Å². The van der Waals surface area contributed by atoms with Gasteiger partial charge >= 0.3 is 0 Å². The van der Waals surface area contributed by atoms with E-state index < -0.39 is 0 Å². The normalized spacial score (nSPS) is 18.7. The molecule has 0 amide bonds. The second kappa shape index (κ2) is 3.50. The van der Waals surface area contributed by atoms with Crippen molar-refractivity contribution in [3.05, 3.63) is 29.0 Å². The van der Waals surface area contributed by atoms with Crippen molar-refractivity contribution < 1.29 is 4.74 Å². The third kappa shape index (κ3) is 1.32. The summed E-state index contributed by atoms with van der Waals surface area (Å²) >= 11 is 0. The van der Waals surface area contributed by atoms with Crippen molar-refractivity contribution in [2.24, 2.45) is 12.8 Å². The predicted molar refractivity (Wildman–Crippen MR) is 69.6 cm³/mol. The molecule has 3 heteroatoms. The Morgan fingerprint density at radius 1 is 1.35 bits per heavy atom. The summed E-state index contributed by atoms with van der Waals surface area (Å²) in [6, 6.07) is 4.46. The summed E-state index contributed by atoms with van der Waals surface area (Å²) in [5.74, 6) is 0.955. The molecule has 0 radical (unpaired) electrons. The second-order valence-electron chi connectivity index (χ2n) is 4.96. The minimum Gasteiger partial charge on any atom is -0.495 e. The van der Waals surface area contributed by atoms with Crippen LogP contribution in [0, 0.1) is 6.92 Å². The number of nitrogens with two attached hydrogens (primary N) is 1. The summed E-state index contributed by atoms with van der Waals surface area (Å²) in [7, 11) is 3.84. The largest absolute Gasteiger partial charge is 0.495 e. The molecule has 1 aliphatic rings. The summed E-state index contributed by atoms with van der Waals surface area (Å²) < 4.78 is 7.73. The number of aromatic nitrogens is 1. The Morgan fingerprint density at radius 2 is 2.12 bits per heavy atom. The zero-order valence-corrected chi connectivity index (χ0v) is 10.6. The fourth-order valence-corrected chi connectivity index (χ4v) is 3.10. The van der Waals surface area contributed by atoms with Gasteiger partial charge < -0.3 is 15.0 Å². The van der Waals surface area contributed by atoms with Crippen LogP contribution in [0.5, 0.6) is 5.75 Å². The number of hydrogen-bond acceptors (Lipinski definition) is 2. The van der Waals surface area contributed by atoms with E-state index in [1.807, 2.05) is 6.07 Å². The molecule has 2 aromatic rings. The maximum atomic E-state index is 6.07. The first-order chi connectivity index (χ1) is 8.13. The van der Waals surface area contributed by atoms with Gasteiger partial charge in [-0.2, -0.15) is 0 Å². The lowest BCUT2D eigenvalue weighted by Crippen LogP contribution is -2.20. The molecule has 0 fully saturated rings. The van der Waals surface area contributed by atoms with Gasteiger partial charge in [0.05, 0.1) is 12.6 Å². The first kappa shape index (κ1) is 10.7. The summed E-state index contributed by atoms with van der Waals surface area (Å²) in [6.45, 7) is 2.16. The van der Waals surface area contributed by atoms with E-state index in [1.54, 1.807) is 7.11 Å². The number of fused-ring (bicyclic) bond motifs is 3. The zero-order chi connectivity index (χ0) is 12.2. The van der Waals surface area contributed by atoms with Gasteiger partial charge in [0, 0.05) is 30.6 Å². The lowest BCUT2D eigenvalue weighted by atomic mass is 10.0. The van der Waals surface area contributed by atoms with E-state index in [0.717, 1.165) is 18.6 Å². The molecule has 1 aromatic heterocycles. The van der Waals surface area contributed by atoms with Crippen molar-refractivity contribution in [2.45, 2.75) is 25.8 Å². The van der Waals surface area contributed by atoms with Crippen molar-refractivity contribution in [3.63, 3.8) is 0 Å². The van der Waals surface area contributed by atoms with E-state index in [9.17, 15) is 0 Å². The molecule has 0 saturated heterocycles. The van der Waals surface area contributed by atoms with E-state index >= 15 is 0 Å². The molecule has 3 nitrogen and oxygen atoms in total. The molecule has 1 heterocycles. The Kier molecular flexibility index (Phi) is 2.20. The average Bonchev–Trinajstić information content (AvgIpc) is 2.79. The van der Waals surface area contributed by atoms with Gasteiger partial charge in [0.15, 0.2) is 0 Å². The van der Waals surface area contributed by atoms with Crippen molar-refractivity contribution in [1.82, 2.24) is 4.57 Å². The topological polar surface area (TPSA) is 40.2 Å². The maximum Gasteiger partial charge on any atom is 0.143 e. The first-order valence-electron chi connectivity index (χ1n) is 6.02. The highest BCUT2D eigenvalue weighted by Crippen LogP contribution is 2.38. The molecule has 1 unspecified atom stereocenters. The van der Waals surface area contributed by atoms with Crippen molar-refractivity contribution in [3.8, 4) is 5.75 Å². The number of rotatable bonds is 1. The van der Waals surface area contributed by atoms with E-state index in [2.05, 4.69) is 24.6 Å². The fraction of sp³-hybridized carbons (Fsp3) is 0.429. The van der Waals surface area contributed by atoms with Crippen LogP contribution in [0.15, 0.2) is 12.1 Å². The van der Waals surface area contributed by atoms with E-state index in [-0.39, 0.29) is 6.04 Å². The number of hydrogen-bond donors (Lipinski definition) is 1. The van der Waals surface area contributed by atoms with E-state index in [0.29, 0.717) is 0 Å². The van der Waals surface area contributed by atoms with Gasteiger partial charge in [-0.25, -0.2) is 0 Å². The lowest BCUT2D eigenvalue weighted by molar-refractivity contribution is 0.417. The number of aryl methyl sites for hydroxylation is 2. The minimum absolute atomic E-state index is 0.279. The van der Waals surface area contributed by atoms with Gasteiger partial charge in [-0.1, -0.05) is 6.07 Å². The Hall–Kier alpha value is -1.48. The molecule has 2 N–H and O–H groups in total. The van der Waals surface area contributed by atoms with Gasteiger partial charge in [0.25, 0.3) is 0 Å². The SMILES string of the molecule is COc1ccc(C)c2c3c(n(C)c12)CC(N)C3. The molecule has 1 aliphatic carbocycles. The third-order valence-electron chi connectivity index (χ3n) is 3.88. The molecule has 0 spiro atoms. The van der Waals surface area contributed by atoms with Gasteiger partial charge in [0.2, 0.25) is 0 Å². The molecule has 0 bridgehead atoms. The van der Waals surface area contributed by atoms with Crippen LogP contribution >= 0.6 is 0 Å². The Morgan fingerprint density at radius 3 is 2.82 bits per heavy atom. The maximum absolute atomic E-state index is 6.07. The van der Waals surface area contributed by atoms with Crippen LogP contribution in [-0.4, -0.2) is 17.7 Å². The second-order valence-corrected chi connectivity index (χ2v) is 4.96. The van der Waals surface area contributed by atoms with Crippen LogP contribution in [0.25, 0.3) is 10.9 Å². The molecule has 0 saturated carbocycles. The Bertz CT molecular complexity index is 598. The smallest absolute Gasteiger partial charge is 0.143 e. The van der Waals surface area contributed by atoms with Crippen molar-refractivity contribution >= 4 is 10.9 Å². The number of benzene rings is 1. The van der Waals surface area contributed by atoms with Crippen LogP contribution in [0.1, 0.15) is 16.8 Å². The van der Waals surface area contributed by atoms with Crippen LogP contribution < -0.4 is 10.5 Å². The number of methoxy groups -OCH3 is 1. The molecule has 17 heavy (non-hydrogen) atoms. The molecular formula is C14H18N2O. The molecule has 3 rings (SSSR count). The van der Waals surface area contributed by atoms with Gasteiger partial charge in [-0.3, -0.25) is 0 Å². The monoisotopic (exact) mass is 230 g/mol. The standard InChI is InChI=1S/C14H18N2O/c1-8-4-5-12(17-3)14-13(8)10-6-9(15)7-11(10)16(14)2/h4-5,9H,6-7,15H2,1-3H3. The van der Waals surface area contributed by atoms with Crippen LogP contribution in [0.4, 0.5) is 0 Å². The molecular weight excluding hydrogens is 212 g/mol. The van der Waals surface area contributed by atoms with Gasteiger partial charge in [-0.15, -0.1) is 0 Å². The van der Waals surface area contributed by atoms with Gasteiger partial charge in [-0.05, 0) is 30.5 Å². The fourth-order valence-electron chi connectivity index (χ4n) is 3.10. The quantitative estimate of drug-likeness (QED) is 0.813. The highest BCUT2D eigenvalue weighted by Gasteiger charge is 2.27. The average molecular weight is 230 g/mol. The highest BCUT2D eigenvalue weighted by atomic mass is 16.5. The third-order valence-corrected chi connectivity index (χ3v) is 3.88. The minimum atomic E-state index is 0.279. The summed E-state index contributed by atoms with van der Waals surface area (Å²) in [6.07, 6.45) is 1.96. The molecule has 0 aliphatic heterocycles. The molecule has 1 atom stereocenters. The molecule has 1 aromatic carbocycles. The highest BCUT2D eigenvalue weighted by molar-refractivity contribution is 5.93. The summed E-state index contributed by atoms with van der Waals surface area (Å²) in [5, 5.41) is 1.34. The summed E-state index contributed by atoms with van der Waals surface area (Å²) in [5.41, 5.74) is 11.4. The lowest BCUT2D eigenvalue weighted by Gasteiger charge is -2.09. The van der Waals surface area contributed by atoms with Crippen molar-refractivity contribution in [1.29, 1.82) is 0 Å². The van der Waals surface area contributed by atoms with Crippen LogP contribution in [0.3, 0.4) is 0 Å². The van der Waals surface area contributed by atoms with Crippen molar-refractivity contribution in [2.75, 3.05) is 7.11 Å².